The number of aromatic nitrogens is 3. The van der Waals surface area contributed by atoms with Crippen molar-refractivity contribution in [3.8, 4) is 0 Å². The van der Waals surface area contributed by atoms with Crippen LogP contribution in [0.2, 0.25) is 0 Å². The number of hydrogen-bond donors (Lipinski definition) is 3. The first-order valence-corrected chi connectivity index (χ1v) is 5.08. The summed E-state index contributed by atoms with van der Waals surface area (Å²) in [6.45, 7) is 1.08. The van der Waals surface area contributed by atoms with E-state index in [1.54, 1.807) is 6.92 Å². The fourth-order valence-electron chi connectivity index (χ4n) is 1.31. The topological polar surface area (TPSA) is 82.7 Å². The molecule has 3 N–H and O–H groups in total. The number of anilines is 1. The molecule has 17 heavy (non-hydrogen) atoms. The third-order valence-electron chi connectivity index (χ3n) is 2.41. The highest BCUT2D eigenvalue weighted by atomic mass is 19.1. The highest BCUT2D eigenvalue weighted by molar-refractivity contribution is 5.44. The SMILES string of the molecule is CC(CO)(CO)Nc1nc2ccc(F)cn2n1. The van der Waals surface area contributed by atoms with Crippen LogP contribution in [0.15, 0.2) is 18.3 Å². The quantitative estimate of drug-likeness (QED) is 0.702. The molecule has 0 saturated carbocycles. The Balaban J connectivity index is 2.31. The maximum absolute atomic E-state index is 12.9. The lowest BCUT2D eigenvalue weighted by Crippen LogP contribution is -2.42. The molecule has 2 rings (SSSR count). The predicted molar refractivity (Wildman–Crippen MR) is 59.1 cm³/mol. The van der Waals surface area contributed by atoms with Crippen molar-refractivity contribution >= 4 is 11.6 Å². The van der Waals surface area contributed by atoms with Crippen molar-refractivity contribution in [1.82, 2.24) is 14.6 Å². The summed E-state index contributed by atoms with van der Waals surface area (Å²) in [5.41, 5.74) is -0.434. The van der Waals surface area contributed by atoms with Gasteiger partial charge < -0.3 is 15.5 Å². The summed E-state index contributed by atoms with van der Waals surface area (Å²) in [7, 11) is 0. The Bertz CT molecular complexity index is 524. The highest BCUT2D eigenvalue weighted by Gasteiger charge is 2.23. The highest BCUT2D eigenvalue weighted by Crippen LogP contribution is 2.12. The Morgan fingerprint density at radius 3 is 2.76 bits per heavy atom. The number of fused-ring (bicyclic) bond motifs is 1. The number of hydrogen-bond acceptors (Lipinski definition) is 5. The summed E-state index contributed by atoms with van der Waals surface area (Å²) in [5, 5.41) is 25.0. The smallest absolute Gasteiger partial charge is 0.243 e. The Labute approximate surface area is 96.7 Å². The number of nitrogens with one attached hydrogen (secondary N) is 1. The van der Waals surface area contributed by atoms with Crippen LogP contribution in [0.25, 0.3) is 5.65 Å². The summed E-state index contributed by atoms with van der Waals surface area (Å²) in [6, 6.07) is 2.77. The van der Waals surface area contributed by atoms with Crippen LogP contribution in [0.1, 0.15) is 6.92 Å². The van der Waals surface area contributed by atoms with Gasteiger partial charge in [0.15, 0.2) is 5.65 Å². The van der Waals surface area contributed by atoms with Crippen LogP contribution >= 0.6 is 0 Å². The molecule has 0 aromatic carbocycles. The van der Waals surface area contributed by atoms with Gasteiger partial charge in [0.05, 0.1) is 24.9 Å². The Morgan fingerprint density at radius 2 is 2.12 bits per heavy atom. The van der Waals surface area contributed by atoms with Gasteiger partial charge in [0.1, 0.15) is 5.82 Å². The lowest BCUT2D eigenvalue weighted by molar-refractivity contribution is 0.147. The number of nitrogens with zero attached hydrogens (tertiary/aromatic N) is 3. The summed E-state index contributed by atoms with van der Waals surface area (Å²) in [5.74, 6) is -0.192. The molecule has 0 unspecified atom stereocenters. The molecule has 6 nitrogen and oxygen atoms in total. The van der Waals surface area contributed by atoms with Crippen molar-refractivity contribution in [2.24, 2.45) is 0 Å². The van der Waals surface area contributed by atoms with E-state index in [1.165, 1.54) is 22.8 Å². The Kier molecular flexibility index (Phi) is 2.95. The maximum atomic E-state index is 12.9. The lowest BCUT2D eigenvalue weighted by atomic mass is 10.1. The van der Waals surface area contributed by atoms with E-state index in [0.29, 0.717) is 5.65 Å². The van der Waals surface area contributed by atoms with E-state index in [9.17, 15) is 4.39 Å². The summed E-state index contributed by atoms with van der Waals surface area (Å²) in [4.78, 5) is 4.09. The molecule has 0 saturated heterocycles. The summed E-state index contributed by atoms with van der Waals surface area (Å²) < 4.78 is 14.2. The van der Waals surface area contributed by atoms with Gasteiger partial charge in [-0.1, -0.05) is 0 Å². The first kappa shape index (κ1) is 11.7. The molecule has 0 spiro atoms. The van der Waals surface area contributed by atoms with Gasteiger partial charge in [0.25, 0.3) is 0 Å². The van der Waals surface area contributed by atoms with Gasteiger partial charge in [-0.3, -0.25) is 0 Å². The summed E-state index contributed by atoms with van der Waals surface area (Å²) in [6.07, 6.45) is 1.20. The van der Waals surface area contributed by atoms with Crippen molar-refractivity contribution < 1.29 is 14.6 Å². The van der Waals surface area contributed by atoms with Gasteiger partial charge in [-0.2, -0.15) is 4.98 Å². The largest absolute Gasteiger partial charge is 0.394 e. The zero-order valence-electron chi connectivity index (χ0n) is 9.26. The Morgan fingerprint density at radius 1 is 1.41 bits per heavy atom. The van der Waals surface area contributed by atoms with Gasteiger partial charge in [-0.05, 0) is 19.1 Å². The van der Waals surface area contributed by atoms with Crippen LogP contribution in [-0.2, 0) is 0 Å². The second-order valence-electron chi connectivity index (χ2n) is 4.09. The van der Waals surface area contributed by atoms with Crippen LogP contribution < -0.4 is 5.32 Å². The average molecular weight is 240 g/mol. The number of aliphatic hydroxyl groups excluding tert-OH is 2. The molecule has 2 heterocycles. The first-order valence-electron chi connectivity index (χ1n) is 5.08. The van der Waals surface area contributed by atoms with Crippen molar-refractivity contribution in [2.75, 3.05) is 18.5 Å². The molecule has 2 aromatic rings. The number of aliphatic hydroxyl groups is 2. The van der Waals surface area contributed by atoms with Crippen LogP contribution in [0.5, 0.6) is 0 Å². The van der Waals surface area contributed by atoms with Gasteiger partial charge in [-0.25, -0.2) is 8.91 Å². The van der Waals surface area contributed by atoms with Crippen molar-refractivity contribution in [3.05, 3.63) is 24.1 Å². The molecule has 2 aromatic heterocycles. The van der Waals surface area contributed by atoms with Crippen LogP contribution in [0.3, 0.4) is 0 Å². The second kappa shape index (κ2) is 4.27. The minimum absolute atomic E-state index is 0.223. The van der Waals surface area contributed by atoms with Gasteiger partial charge >= 0.3 is 0 Å². The molecule has 0 aliphatic heterocycles. The molecule has 0 fully saturated rings. The molecule has 0 bridgehead atoms. The number of halogens is 1. The average Bonchev–Trinajstić information content (AvgIpc) is 2.70. The number of rotatable bonds is 4. The van der Waals surface area contributed by atoms with E-state index in [1.807, 2.05) is 0 Å². The van der Waals surface area contributed by atoms with E-state index in [0.717, 1.165) is 0 Å². The fourth-order valence-corrected chi connectivity index (χ4v) is 1.31. The zero-order chi connectivity index (χ0) is 12.5. The van der Waals surface area contributed by atoms with Crippen molar-refractivity contribution in [1.29, 1.82) is 0 Å². The second-order valence-corrected chi connectivity index (χ2v) is 4.09. The standard InChI is InChI=1S/C10H13FN4O2/c1-10(5-16,6-17)13-9-12-8-3-2-7(11)4-15(8)14-9/h2-4,16-17H,5-6H2,1H3,(H,13,14). The molecule has 0 aliphatic carbocycles. The van der Waals surface area contributed by atoms with Crippen molar-refractivity contribution in [3.63, 3.8) is 0 Å². The lowest BCUT2D eigenvalue weighted by Gasteiger charge is -2.24. The molecule has 0 atom stereocenters. The van der Waals surface area contributed by atoms with Gasteiger partial charge in [0.2, 0.25) is 5.95 Å². The Hall–Kier alpha value is -1.73. The van der Waals surface area contributed by atoms with Crippen LogP contribution in [0.4, 0.5) is 10.3 Å². The number of pyridine rings is 1. The molecular formula is C10H13FN4O2. The van der Waals surface area contributed by atoms with Crippen LogP contribution in [0, 0.1) is 5.82 Å². The molecule has 7 heteroatoms. The molecule has 0 amide bonds. The molecule has 92 valence electrons. The predicted octanol–water partition coefficient (Wildman–Crippen LogP) is 0.0236. The van der Waals surface area contributed by atoms with E-state index in [-0.39, 0.29) is 19.2 Å². The first-order chi connectivity index (χ1) is 8.06. The third-order valence-corrected chi connectivity index (χ3v) is 2.41. The molecular weight excluding hydrogens is 227 g/mol. The van der Waals surface area contributed by atoms with Crippen molar-refractivity contribution in [2.45, 2.75) is 12.5 Å². The molecule has 0 aliphatic rings. The van der Waals surface area contributed by atoms with E-state index < -0.39 is 11.4 Å². The van der Waals surface area contributed by atoms with Gasteiger partial charge in [0, 0.05) is 0 Å². The van der Waals surface area contributed by atoms with E-state index in [4.69, 9.17) is 10.2 Å². The summed E-state index contributed by atoms with van der Waals surface area (Å²) >= 11 is 0. The van der Waals surface area contributed by atoms with Crippen LogP contribution in [-0.4, -0.2) is 43.6 Å². The van der Waals surface area contributed by atoms with E-state index in [2.05, 4.69) is 15.4 Å². The van der Waals surface area contributed by atoms with Gasteiger partial charge in [-0.15, -0.1) is 5.10 Å². The minimum atomic E-state index is -0.913. The fraction of sp³-hybridized carbons (Fsp3) is 0.400. The zero-order valence-corrected chi connectivity index (χ0v) is 9.26. The minimum Gasteiger partial charge on any atom is -0.394 e. The third kappa shape index (κ3) is 2.34. The molecule has 0 radical (unpaired) electrons. The normalized spacial score (nSPS) is 12.0. The maximum Gasteiger partial charge on any atom is 0.243 e. The van der Waals surface area contributed by atoms with E-state index >= 15 is 0 Å². The monoisotopic (exact) mass is 240 g/mol.